The fourth-order valence-corrected chi connectivity index (χ4v) is 0.592. The first-order chi connectivity index (χ1) is 4.70. The number of carboxylic acids is 1. The first kappa shape index (κ1) is 10.6. The van der Waals surface area contributed by atoms with Crippen molar-refractivity contribution in [2.75, 3.05) is 0 Å². The van der Waals surface area contributed by atoms with E-state index in [0.29, 0.717) is 0 Å². The van der Waals surface area contributed by atoms with Gasteiger partial charge in [0.2, 0.25) is 0 Å². The number of aromatic carboxylic acids is 1. The van der Waals surface area contributed by atoms with Crippen LogP contribution >= 0.6 is 0 Å². The van der Waals surface area contributed by atoms with E-state index in [-0.39, 0.29) is 35.1 Å². The molecule has 53 valence electrons. The number of hydrogen-bond acceptors (Lipinski definition) is 1. The van der Waals surface area contributed by atoms with Crippen molar-refractivity contribution >= 4 is 35.5 Å². The summed E-state index contributed by atoms with van der Waals surface area (Å²) in [5, 5.41) is 8.35. The van der Waals surface area contributed by atoms with Crippen LogP contribution in [-0.4, -0.2) is 40.6 Å². The van der Waals surface area contributed by atoms with Crippen LogP contribution in [0.4, 0.5) is 4.39 Å². The summed E-state index contributed by atoms with van der Waals surface area (Å²) < 4.78 is 12.2. The van der Waals surface area contributed by atoms with E-state index in [2.05, 4.69) is 0 Å². The predicted molar refractivity (Wildman–Crippen MR) is 39.1 cm³/mol. The molecule has 0 aliphatic heterocycles. The maximum absolute atomic E-state index is 12.2. The number of benzene rings is 1. The van der Waals surface area contributed by atoms with Crippen LogP contribution in [0, 0.1) is 5.82 Å². The van der Waals surface area contributed by atoms with Crippen molar-refractivity contribution in [1.82, 2.24) is 0 Å². The molecule has 1 radical (unpaired) electrons. The summed E-state index contributed by atoms with van der Waals surface area (Å²) >= 11 is 0. The minimum Gasteiger partial charge on any atom is -0.478 e. The van der Waals surface area contributed by atoms with Crippen LogP contribution in [-0.2, 0) is 0 Å². The molecular formula is C7H5FNaO2. The van der Waals surface area contributed by atoms with Gasteiger partial charge in [-0.05, 0) is 24.3 Å². The molecule has 0 heterocycles. The van der Waals surface area contributed by atoms with E-state index in [9.17, 15) is 9.18 Å². The van der Waals surface area contributed by atoms with Crippen LogP contribution in [0.1, 0.15) is 10.4 Å². The molecule has 0 aliphatic carbocycles. The first-order valence-electron chi connectivity index (χ1n) is 2.69. The van der Waals surface area contributed by atoms with E-state index in [4.69, 9.17) is 5.11 Å². The van der Waals surface area contributed by atoms with Gasteiger partial charge in [0.25, 0.3) is 0 Å². The average Bonchev–Trinajstić information content (AvgIpc) is 1.88. The second kappa shape index (κ2) is 4.49. The van der Waals surface area contributed by atoms with Crippen molar-refractivity contribution in [3.8, 4) is 0 Å². The van der Waals surface area contributed by atoms with Gasteiger partial charge in [-0.3, -0.25) is 0 Å². The van der Waals surface area contributed by atoms with E-state index in [1.165, 1.54) is 12.1 Å². The quantitative estimate of drug-likeness (QED) is 0.630. The molecule has 0 bridgehead atoms. The minimum atomic E-state index is -1.04. The van der Waals surface area contributed by atoms with Crippen molar-refractivity contribution in [2.45, 2.75) is 0 Å². The van der Waals surface area contributed by atoms with Gasteiger partial charge in [-0.25, -0.2) is 9.18 Å². The summed E-state index contributed by atoms with van der Waals surface area (Å²) in [6.07, 6.45) is 0. The molecule has 0 fully saturated rings. The molecule has 0 saturated carbocycles. The molecule has 0 aliphatic rings. The molecule has 0 amide bonds. The van der Waals surface area contributed by atoms with E-state index >= 15 is 0 Å². The van der Waals surface area contributed by atoms with Crippen LogP contribution in [0.3, 0.4) is 0 Å². The van der Waals surface area contributed by atoms with Crippen molar-refractivity contribution in [2.24, 2.45) is 0 Å². The number of hydrogen-bond donors (Lipinski definition) is 1. The Balaban J connectivity index is 0.000001000. The zero-order chi connectivity index (χ0) is 7.56. The summed E-state index contributed by atoms with van der Waals surface area (Å²) in [6.45, 7) is 0. The normalized spacial score (nSPS) is 8.45. The standard InChI is InChI=1S/C7H5FO2.Na/c8-6-3-1-5(2-4-6)7(9)10;/h1-4H,(H,9,10);. The summed E-state index contributed by atoms with van der Waals surface area (Å²) in [5.41, 5.74) is 0.0985. The monoisotopic (exact) mass is 163 g/mol. The predicted octanol–water partition coefficient (Wildman–Crippen LogP) is 1.14. The van der Waals surface area contributed by atoms with Crippen LogP contribution < -0.4 is 0 Å². The molecule has 11 heavy (non-hydrogen) atoms. The first-order valence-corrected chi connectivity index (χ1v) is 2.69. The summed E-state index contributed by atoms with van der Waals surface area (Å²) in [5.74, 6) is -1.47. The molecule has 2 nitrogen and oxygen atoms in total. The number of carboxylic acid groups (broad SMARTS) is 1. The average molecular weight is 163 g/mol. The van der Waals surface area contributed by atoms with E-state index < -0.39 is 11.8 Å². The Morgan fingerprint density at radius 1 is 1.27 bits per heavy atom. The molecule has 1 N–H and O–H groups in total. The van der Waals surface area contributed by atoms with Gasteiger partial charge in [-0.1, -0.05) is 0 Å². The Labute approximate surface area is 85.3 Å². The van der Waals surface area contributed by atoms with Gasteiger partial charge >= 0.3 is 5.97 Å². The van der Waals surface area contributed by atoms with Crippen LogP contribution in [0.5, 0.6) is 0 Å². The van der Waals surface area contributed by atoms with Crippen LogP contribution in [0.15, 0.2) is 24.3 Å². The van der Waals surface area contributed by atoms with Gasteiger partial charge in [-0.15, -0.1) is 0 Å². The van der Waals surface area contributed by atoms with E-state index in [1.807, 2.05) is 0 Å². The van der Waals surface area contributed by atoms with Gasteiger partial charge < -0.3 is 5.11 Å². The SMILES string of the molecule is O=C(O)c1ccc(F)cc1.[Na]. The number of carbonyl (C=O) groups is 1. The van der Waals surface area contributed by atoms with Gasteiger partial charge in [0.1, 0.15) is 5.82 Å². The third-order valence-electron chi connectivity index (χ3n) is 1.09. The van der Waals surface area contributed by atoms with Crippen molar-refractivity contribution in [1.29, 1.82) is 0 Å². The topological polar surface area (TPSA) is 37.3 Å². The molecule has 1 aromatic carbocycles. The molecule has 0 unspecified atom stereocenters. The summed E-state index contributed by atoms with van der Waals surface area (Å²) in [7, 11) is 0. The largest absolute Gasteiger partial charge is 0.478 e. The maximum Gasteiger partial charge on any atom is 0.335 e. The van der Waals surface area contributed by atoms with Crippen molar-refractivity contribution in [3.63, 3.8) is 0 Å². The summed E-state index contributed by atoms with van der Waals surface area (Å²) in [4.78, 5) is 10.2. The number of rotatable bonds is 1. The zero-order valence-corrected chi connectivity index (χ0v) is 8.04. The van der Waals surface area contributed by atoms with Gasteiger partial charge in [0.15, 0.2) is 0 Å². The molecule has 4 heteroatoms. The molecule has 0 spiro atoms. The maximum atomic E-state index is 12.2. The van der Waals surface area contributed by atoms with Gasteiger partial charge in [0, 0.05) is 29.6 Å². The Hall–Kier alpha value is -0.380. The summed E-state index contributed by atoms with van der Waals surface area (Å²) in [6, 6.07) is 4.67. The van der Waals surface area contributed by atoms with Crippen LogP contribution in [0.25, 0.3) is 0 Å². The second-order valence-electron chi connectivity index (χ2n) is 1.81. The molecule has 0 aromatic heterocycles. The van der Waals surface area contributed by atoms with Gasteiger partial charge in [-0.2, -0.15) is 0 Å². The fourth-order valence-electron chi connectivity index (χ4n) is 0.592. The third kappa shape index (κ3) is 3.01. The Morgan fingerprint density at radius 3 is 2.09 bits per heavy atom. The zero-order valence-electron chi connectivity index (χ0n) is 6.04. The molecule has 0 saturated heterocycles. The van der Waals surface area contributed by atoms with Gasteiger partial charge in [0.05, 0.1) is 5.56 Å². The minimum absolute atomic E-state index is 0. The smallest absolute Gasteiger partial charge is 0.335 e. The molecule has 1 aromatic rings. The molecule has 0 atom stereocenters. The molecular weight excluding hydrogens is 158 g/mol. The Bertz CT molecular complexity index is 245. The van der Waals surface area contributed by atoms with E-state index in [1.54, 1.807) is 0 Å². The Morgan fingerprint density at radius 2 is 1.73 bits per heavy atom. The second-order valence-corrected chi connectivity index (χ2v) is 1.81. The molecule has 1 rings (SSSR count). The Kier molecular flexibility index (Phi) is 4.33. The number of halogens is 1. The third-order valence-corrected chi connectivity index (χ3v) is 1.09. The fraction of sp³-hybridized carbons (Fsp3) is 0. The van der Waals surface area contributed by atoms with Crippen molar-refractivity contribution in [3.05, 3.63) is 35.6 Å². The van der Waals surface area contributed by atoms with Crippen LogP contribution in [0.2, 0.25) is 0 Å². The van der Waals surface area contributed by atoms with E-state index in [0.717, 1.165) is 12.1 Å². The van der Waals surface area contributed by atoms with Crippen molar-refractivity contribution < 1.29 is 14.3 Å².